The molecule has 2 heterocycles. The van der Waals surface area contributed by atoms with E-state index in [1.54, 1.807) is 18.3 Å². The van der Waals surface area contributed by atoms with Gasteiger partial charge in [-0.25, -0.2) is 9.37 Å². The standard InChI is InChI=1S/C16H17FN4/c17-15-6-2-1-5-14(15)13-19-21-11-9-20(10-12-21)16-7-3-4-8-18-16/h1-8,13H,9-12H2/p+1/b19-13-. The van der Waals surface area contributed by atoms with Crippen LogP contribution in [0.4, 0.5) is 10.2 Å². The molecule has 21 heavy (non-hydrogen) atoms. The zero-order valence-corrected chi connectivity index (χ0v) is 11.7. The van der Waals surface area contributed by atoms with Crippen LogP contribution in [0.1, 0.15) is 5.56 Å². The molecule has 1 fully saturated rings. The highest BCUT2D eigenvalue weighted by Gasteiger charge is 2.21. The Morgan fingerprint density at radius 3 is 2.48 bits per heavy atom. The Kier molecular flexibility index (Phi) is 4.09. The van der Waals surface area contributed by atoms with E-state index in [4.69, 9.17) is 0 Å². The number of benzene rings is 1. The number of nitrogens with zero attached hydrogens (tertiary/aromatic N) is 3. The minimum Gasteiger partial charge on any atom is -0.289 e. The van der Waals surface area contributed by atoms with Crippen LogP contribution in [-0.4, -0.2) is 37.4 Å². The van der Waals surface area contributed by atoms with Gasteiger partial charge in [-0.15, -0.1) is 0 Å². The molecule has 0 bridgehead atoms. The number of anilines is 1. The van der Waals surface area contributed by atoms with Crippen LogP contribution in [0.2, 0.25) is 0 Å². The highest BCUT2D eigenvalue weighted by Crippen LogP contribution is 2.10. The molecule has 3 rings (SSSR count). The van der Waals surface area contributed by atoms with Crippen molar-refractivity contribution in [1.82, 2.24) is 5.01 Å². The van der Waals surface area contributed by atoms with E-state index >= 15 is 0 Å². The molecule has 1 aromatic heterocycles. The molecular weight excluding hydrogens is 267 g/mol. The van der Waals surface area contributed by atoms with Gasteiger partial charge in [0.1, 0.15) is 18.9 Å². The van der Waals surface area contributed by atoms with Crippen LogP contribution in [-0.2, 0) is 0 Å². The Morgan fingerprint density at radius 1 is 1.00 bits per heavy atom. The second-order valence-electron chi connectivity index (χ2n) is 4.95. The lowest BCUT2D eigenvalue weighted by molar-refractivity contribution is -0.364. The SMILES string of the molecule is Fc1ccccc1/C=N\N1CCN(c2cccc[nH+]2)CC1. The topological polar surface area (TPSA) is 33.0 Å². The predicted molar refractivity (Wildman–Crippen MR) is 80.8 cm³/mol. The van der Waals surface area contributed by atoms with Gasteiger partial charge in [-0.05, 0) is 12.1 Å². The minimum atomic E-state index is -0.237. The maximum Gasteiger partial charge on any atom is 0.274 e. The van der Waals surface area contributed by atoms with Gasteiger partial charge in [-0.2, -0.15) is 5.10 Å². The first-order valence-electron chi connectivity index (χ1n) is 7.08. The number of aromatic nitrogens is 1. The van der Waals surface area contributed by atoms with Crippen molar-refractivity contribution in [3.63, 3.8) is 0 Å². The van der Waals surface area contributed by atoms with E-state index in [1.807, 2.05) is 29.4 Å². The summed E-state index contributed by atoms with van der Waals surface area (Å²) in [7, 11) is 0. The smallest absolute Gasteiger partial charge is 0.274 e. The van der Waals surface area contributed by atoms with Crippen LogP contribution >= 0.6 is 0 Å². The molecule has 108 valence electrons. The minimum absolute atomic E-state index is 0.237. The molecular formula is C16H18FN4+. The number of aromatic amines is 1. The Morgan fingerprint density at radius 2 is 1.76 bits per heavy atom. The van der Waals surface area contributed by atoms with Crippen molar-refractivity contribution >= 4 is 12.0 Å². The van der Waals surface area contributed by atoms with Crippen LogP contribution in [0.3, 0.4) is 0 Å². The van der Waals surface area contributed by atoms with E-state index in [0.29, 0.717) is 5.56 Å². The number of piperazine rings is 1. The summed E-state index contributed by atoms with van der Waals surface area (Å²) >= 11 is 0. The number of nitrogens with one attached hydrogen (secondary N) is 1. The van der Waals surface area contributed by atoms with Crippen LogP contribution < -0.4 is 9.88 Å². The molecule has 5 heteroatoms. The van der Waals surface area contributed by atoms with Crippen LogP contribution in [0.5, 0.6) is 0 Å². The lowest BCUT2D eigenvalue weighted by Gasteiger charge is -2.28. The summed E-state index contributed by atoms with van der Waals surface area (Å²) in [5.41, 5.74) is 0.524. The van der Waals surface area contributed by atoms with Crippen molar-refractivity contribution in [2.45, 2.75) is 0 Å². The fraction of sp³-hybridized carbons (Fsp3) is 0.250. The van der Waals surface area contributed by atoms with Gasteiger partial charge < -0.3 is 0 Å². The molecule has 1 aliphatic heterocycles. The normalized spacial score (nSPS) is 15.7. The van der Waals surface area contributed by atoms with Gasteiger partial charge in [-0.1, -0.05) is 24.3 Å². The Labute approximate surface area is 123 Å². The number of halogens is 1. The van der Waals surface area contributed by atoms with E-state index in [1.165, 1.54) is 6.07 Å². The fourth-order valence-electron chi connectivity index (χ4n) is 2.36. The number of hydrazone groups is 1. The van der Waals surface area contributed by atoms with Crippen molar-refractivity contribution in [2.75, 3.05) is 31.1 Å². The summed E-state index contributed by atoms with van der Waals surface area (Å²) in [6.45, 7) is 3.45. The molecule has 0 radical (unpaired) electrons. The molecule has 0 spiro atoms. The van der Waals surface area contributed by atoms with Gasteiger partial charge >= 0.3 is 0 Å². The largest absolute Gasteiger partial charge is 0.289 e. The van der Waals surface area contributed by atoms with E-state index < -0.39 is 0 Å². The van der Waals surface area contributed by atoms with E-state index in [2.05, 4.69) is 21.1 Å². The van der Waals surface area contributed by atoms with Gasteiger partial charge in [0.25, 0.3) is 5.82 Å². The second-order valence-corrected chi connectivity index (χ2v) is 4.95. The number of H-pyrrole nitrogens is 1. The third kappa shape index (κ3) is 3.37. The first-order valence-corrected chi connectivity index (χ1v) is 7.08. The van der Waals surface area contributed by atoms with Gasteiger partial charge in [0.15, 0.2) is 0 Å². The summed E-state index contributed by atoms with van der Waals surface area (Å²) in [4.78, 5) is 5.52. The molecule has 2 aromatic rings. The summed E-state index contributed by atoms with van der Waals surface area (Å²) in [6, 6.07) is 12.7. The molecule has 1 aromatic carbocycles. The van der Waals surface area contributed by atoms with E-state index in [9.17, 15) is 4.39 Å². The number of hydrogen-bond donors (Lipinski definition) is 0. The molecule has 0 unspecified atom stereocenters. The zero-order chi connectivity index (χ0) is 14.5. The highest BCUT2D eigenvalue weighted by atomic mass is 19.1. The van der Waals surface area contributed by atoms with Gasteiger partial charge in [-0.3, -0.25) is 9.91 Å². The Bertz CT molecular complexity index is 607. The van der Waals surface area contributed by atoms with Crippen LogP contribution in [0.15, 0.2) is 53.8 Å². The van der Waals surface area contributed by atoms with E-state index in [0.717, 1.165) is 32.0 Å². The summed E-state index contributed by atoms with van der Waals surface area (Å²) < 4.78 is 13.5. The monoisotopic (exact) mass is 285 g/mol. The summed E-state index contributed by atoms with van der Waals surface area (Å²) in [5.74, 6) is 0.883. The second kappa shape index (κ2) is 6.35. The lowest BCUT2D eigenvalue weighted by Crippen LogP contribution is -2.45. The van der Waals surface area contributed by atoms with Gasteiger partial charge in [0.2, 0.25) is 0 Å². The molecule has 0 aliphatic carbocycles. The van der Waals surface area contributed by atoms with E-state index in [-0.39, 0.29) is 5.82 Å². The van der Waals surface area contributed by atoms with Gasteiger partial charge in [0, 0.05) is 11.6 Å². The molecule has 0 amide bonds. The average molecular weight is 285 g/mol. The molecule has 1 aliphatic rings. The van der Waals surface area contributed by atoms with Crippen molar-refractivity contribution in [3.05, 3.63) is 60.0 Å². The molecule has 1 N–H and O–H groups in total. The maximum atomic E-state index is 13.5. The van der Waals surface area contributed by atoms with Crippen molar-refractivity contribution in [2.24, 2.45) is 5.10 Å². The first-order chi connectivity index (χ1) is 10.3. The van der Waals surface area contributed by atoms with Crippen molar-refractivity contribution < 1.29 is 9.37 Å². The zero-order valence-electron chi connectivity index (χ0n) is 11.7. The predicted octanol–water partition coefficient (Wildman–Crippen LogP) is 1.80. The third-order valence-electron chi connectivity index (χ3n) is 3.55. The molecule has 0 atom stereocenters. The number of hydrogen-bond acceptors (Lipinski definition) is 3. The Hall–Kier alpha value is -2.43. The van der Waals surface area contributed by atoms with Crippen molar-refractivity contribution in [3.8, 4) is 0 Å². The molecule has 1 saturated heterocycles. The van der Waals surface area contributed by atoms with Crippen molar-refractivity contribution in [1.29, 1.82) is 0 Å². The molecule has 4 nitrogen and oxygen atoms in total. The van der Waals surface area contributed by atoms with Crippen LogP contribution in [0, 0.1) is 5.82 Å². The summed E-state index contributed by atoms with van der Waals surface area (Å²) in [6.07, 6.45) is 3.53. The highest BCUT2D eigenvalue weighted by molar-refractivity contribution is 5.79. The molecule has 0 saturated carbocycles. The number of pyridine rings is 1. The first kappa shape index (κ1) is 13.5. The average Bonchev–Trinajstić information content (AvgIpc) is 2.55. The third-order valence-corrected chi connectivity index (χ3v) is 3.55. The van der Waals surface area contributed by atoms with Crippen LogP contribution in [0.25, 0.3) is 0 Å². The fourth-order valence-corrected chi connectivity index (χ4v) is 2.36. The lowest BCUT2D eigenvalue weighted by atomic mass is 10.2. The Balaban J connectivity index is 1.58. The maximum absolute atomic E-state index is 13.5. The quantitative estimate of drug-likeness (QED) is 0.806. The van der Waals surface area contributed by atoms with Gasteiger partial charge in [0.05, 0.1) is 25.5 Å². The summed E-state index contributed by atoms with van der Waals surface area (Å²) in [5, 5.41) is 6.35. The number of rotatable bonds is 3.